The van der Waals surface area contributed by atoms with Crippen LogP contribution in [0.4, 0.5) is 18.9 Å². The van der Waals surface area contributed by atoms with E-state index in [-0.39, 0.29) is 49.1 Å². The fourth-order valence-corrected chi connectivity index (χ4v) is 4.05. The van der Waals surface area contributed by atoms with Crippen molar-refractivity contribution in [3.63, 3.8) is 0 Å². The number of anilines is 1. The van der Waals surface area contributed by atoms with Crippen LogP contribution in [0, 0.1) is 34.7 Å². The number of benzene rings is 2. The molecule has 2 amide bonds. The molecule has 2 aromatic carbocycles. The Bertz CT molecular complexity index is 1130. The number of nitrogens with one attached hydrogen (secondary N) is 1. The second-order valence-electron chi connectivity index (χ2n) is 8.60. The molecular weight excluding hydrogens is 457 g/mol. The first-order valence-electron chi connectivity index (χ1n) is 11.3. The first-order valence-corrected chi connectivity index (χ1v) is 11.3. The number of para-hydroxylation sites is 1. The van der Waals surface area contributed by atoms with E-state index in [1.54, 1.807) is 0 Å². The summed E-state index contributed by atoms with van der Waals surface area (Å²) in [7, 11) is 1.48. The molecule has 3 rings (SSSR count). The lowest BCUT2D eigenvalue weighted by Gasteiger charge is -2.24. The fraction of sp³-hybridized carbons (Fsp3) is 0.346. The number of hydrogen-bond donors (Lipinski definition) is 1. The van der Waals surface area contributed by atoms with Crippen LogP contribution in [0.1, 0.15) is 24.8 Å². The molecule has 0 bridgehead atoms. The third-order valence-electron chi connectivity index (χ3n) is 6.07. The summed E-state index contributed by atoms with van der Waals surface area (Å²) in [6.07, 6.45) is 0.705. The van der Waals surface area contributed by atoms with E-state index in [0.717, 1.165) is 11.8 Å². The monoisotopic (exact) mass is 484 g/mol. The Kier molecular flexibility index (Phi) is 8.53. The molecule has 1 aliphatic rings. The summed E-state index contributed by atoms with van der Waals surface area (Å²) >= 11 is 0. The molecule has 1 heterocycles. The molecule has 1 N–H and O–H groups in total. The Balaban J connectivity index is 1.50. The van der Waals surface area contributed by atoms with Gasteiger partial charge in [0.25, 0.3) is 0 Å². The van der Waals surface area contributed by atoms with E-state index in [0.29, 0.717) is 24.7 Å². The molecule has 0 spiro atoms. The van der Waals surface area contributed by atoms with E-state index in [4.69, 9.17) is 0 Å². The maximum Gasteiger partial charge on any atom is 0.243 e. The highest BCUT2D eigenvalue weighted by Crippen LogP contribution is 2.29. The van der Waals surface area contributed by atoms with Gasteiger partial charge < -0.3 is 15.1 Å². The van der Waals surface area contributed by atoms with Crippen LogP contribution in [-0.4, -0.2) is 47.8 Å². The molecule has 1 saturated heterocycles. The van der Waals surface area contributed by atoms with Crippen molar-refractivity contribution in [3.8, 4) is 6.07 Å². The Labute approximate surface area is 202 Å². The van der Waals surface area contributed by atoms with Gasteiger partial charge in [0.05, 0.1) is 12.6 Å². The molecule has 2 unspecified atom stereocenters. The minimum Gasteiger partial charge on any atom is -0.359 e. The Morgan fingerprint density at radius 3 is 2.54 bits per heavy atom. The van der Waals surface area contributed by atoms with Crippen molar-refractivity contribution in [2.75, 3.05) is 25.5 Å². The number of carbonyl (C=O) groups excluding carboxylic acids is 2. The fourth-order valence-electron chi connectivity index (χ4n) is 4.05. The molecule has 0 saturated carbocycles. The lowest BCUT2D eigenvalue weighted by Crippen LogP contribution is -2.43. The van der Waals surface area contributed by atoms with Crippen molar-refractivity contribution >= 4 is 17.5 Å². The van der Waals surface area contributed by atoms with E-state index >= 15 is 0 Å². The highest BCUT2D eigenvalue weighted by molar-refractivity contribution is 5.85. The predicted molar refractivity (Wildman–Crippen MR) is 125 cm³/mol. The number of likely N-dealkylation sites (tertiary alicyclic amines) is 1. The summed E-state index contributed by atoms with van der Waals surface area (Å²) in [5.74, 6) is -4.09. The number of rotatable bonds is 9. The number of aryl methyl sites for hydroxylation is 1. The lowest BCUT2D eigenvalue weighted by molar-refractivity contribution is -0.139. The van der Waals surface area contributed by atoms with Crippen LogP contribution in [0.15, 0.2) is 54.7 Å². The van der Waals surface area contributed by atoms with Crippen LogP contribution in [0.25, 0.3) is 0 Å². The number of amides is 2. The SMILES string of the molecule is C=C(Nc1ccccc1)C1CC(C#N)N(C(=O)CN(C)C(=O)CCCc2cc(F)c(F)cc2F)C1. The van der Waals surface area contributed by atoms with Gasteiger partial charge in [-0.3, -0.25) is 9.59 Å². The minimum atomic E-state index is -1.26. The summed E-state index contributed by atoms with van der Waals surface area (Å²) in [4.78, 5) is 28.0. The van der Waals surface area contributed by atoms with Gasteiger partial charge in [-0.2, -0.15) is 5.26 Å². The molecule has 6 nitrogen and oxygen atoms in total. The number of halogens is 3. The van der Waals surface area contributed by atoms with Gasteiger partial charge in [-0.15, -0.1) is 0 Å². The zero-order valence-corrected chi connectivity index (χ0v) is 19.4. The van der Waals surface area contributed by atoms with Crippen LogP contribution in [0.5, 0.6) is 0 Å². The molecular formula is C26H27F3N4O2. The van der Waals surface area contributed by atoms with Gasteiger partial charge in [0.2, 0.25) is 11.8 Å². The molecule has 35 heavy (non-hydrogen) atoms. The summed E-state index contributed by atoms with van der Waals surface area (Å²) in [6.45, 7) is 4.17. The maximum absolute atomic E-state index is 13.7. The van der Waals surface area contributed by atoms with Crippen LogP contribution in [-0.2, 0) is 16.0 Å². The van der Waals surface area contributed by atoms with E-state index in [9.17, 15) is 28.0 Å². The molecule has 0 aromatic heterocycles. The number of likely N-dealkylation sites (N-methyl/N-ethyl adjacent to an activating group) is 1. The molecule has 9 heteroatoms. The van der Waals surface area contributed by atoms with E-state index in [2.05, 4.69) is 18.0 Å². The third-order valence-corrected chi connectivity index (χ3v) is 6.07. The normalized spacial score (nSPS) is 17.1. The molecule has 1 aliphatic heterocycles. The molecule has 184 valence electrons. The predicted octanol–water partition coefficient (Wildman–Crippen LogP) is 4.25. The summed E-state index contributed by atoms with van der Waals surface area (Å²) in [5, 5.41) is 12.8. The Morgan fingerprint density at radius 2 is 1.86 bits per heavy atom. The van der Waals surface area contributed by atoms with Crippen molar-refractivity contribution in [1.29, 1.82) is 5.26 Å². The number of nitrogens with zero attached hydrogens (tertiary/aromatic N) is 3. The highest BCUT2D eigenvalue weighted by Gasteiger charge is 2.37. The van der Waals surface area contributed by atoms with Crippen LogP contribution >= 0.6 is 0 Å². The number of nitriles is 1. The first kappa shape index (κ1) is 25.8. The van der Waals surface area contributed by atoms with Crippen molar-refractivity contribution in [2.24, 2.45) is 5.92 Å². The molecule has 2 aromatic rings. The maximum atomic E-state index is 13.7. The largest absolute Gasteiger partial charge is 0.359 e. The van der Waals surface area contributed by atoms with Gasteiger partial charge in [-0.25, -0.2) is 13.2 Å². The zero-order chi connectivity index (χ0) is 25.5. The Morgan fingerprint density at radius 1 is 1.17 bits per heavy atom. The van der Waals surface area contributed by atoms with Gasteiger partial charge in [0, 0.05) is 43.4 Å². The smallest absolute Gasteiger partial charge is 0.243 e. The average molecular weight is 485 g/mol. The average Bonchev–Trinajstić information content (AvgIpc) is 3.28. The van der Waals surface area contributed by atoms with E-state index in [1.807, 2.05) is 30.3 Å². The number of carbonyl (C=O) groups is 2. The van der Waals surface area contributed by atoms with Crippen LogP contribution in [0.2, 0.25) is 0 Å². The molecule has 0 radical (unpaired) electrons. The van der Waals surface area contributed by atoms with E-state index in [1.165, 1.54) is 16.8 Å². The topological polar surface area (TPSA) is 76.4 Å². The van der Waals surface area contributed by atoms with Crippen molar-refractivity contribution in [2.45, 2.75) is 31.7 Å². The third kappa shape index (κ3) is 6.63. The second kappa shape index (κ2) is 11.6. The van der Waals surface area contributed by atoms with Crippen LogP contribution < -0.4 is 5.32 Å². The first-order chi connectivity index (χ1) is 16.7. The van der Waals surface area contributed by atoms with Crippen molar-refractivity contribution in [3.05, 3.63) is 77.8 Å². The summed E-state index contributed by atoms with van der Waals surface area (Å²) in [5.41, 5.74) is 1.56. The van der Waals surface area contributed by atoms with Crippen molar-refractivity contribution in [1.82, 2.24) is 9.80 Å². The Hall–Kier alpha value is -3.80. The standard InChI is InChI=1S/C26H27F3N4O2/c1-17(31-20-8-4-3-5-9-20)19-11-21(14-30)33(15-19)26(35)16-32(2)25(34)10-6-7-18-12-23(28)24(29)13-22(18)27/h3-5,8-9,12-13,19,21,31H,1,6-7,10-11,15-16H2,2H3. The van der Waals surface area contributed by atoms with Crippen molar-refractivity contribution < 1.29 is 22.8 Å². The highest BCUT2D eigenvalue weighted by atomic mass is 19.2. The molecule has 2 atom stereocenters. The van der Waals surface area contributed by atoms with E-state index < -0.39 is 23.5 Å². The quantitative estimate of drug-likeness (QED) is 0.540. The van der Waals surface area contributed by atoms with Gasteiger partial charge >= 0.3 is 0 Å². The summed E-state index contributed by atoms with van der Waals surface area (Å²) < 4.78 is 40.1. The summed E-state index contributed by atoms with van der Waals surface area (Å²) in [6, 6.07) is 12.3. The number of hydrogen-bond acceptors (Lipinski definition) is 4. The molecule has 0 aliphatic carbocycles. The van der Waals surface area contributed by atoms with Gasteiger partial charge in [0.1, 0.15) is 11.9 Å². The van der Waals surface area contributed by atoms with Gasteiger partial charge in [-0.05, 0) is 43.0 Å². The minimum absolute atomic E-state index is 0.00429. The second-order valence-corrected chi connectivity index (χ2v) is 8.60. The zero-order valence-electron chi connectivity index (χ0n) is 19.4. The van der Waals surface area contributed by atoms with Gasteiger partial charge in [-0.1, -0.05) is 24.8 Å². The lowest BCUT2D eigenvalue weighted by atomic mass is 10.0. The van der Waals surface area contributed by atoms with Gasteiger partial charge in [0.15, 0.2) is 11.6 Å². The molecule has 1 fully saturated rings. The van der Waals surface area contributed by atoms with Crippen LogP contribution in [0.3, 0.4) is 0 Å².